The standard InChI is InChI=1S/C21H33N5O.HI/c1-5-12-22-21(23-15-20(27)25(3)4)24-19-11-13-26(17(2)14-19)16-18-9-7-6-8-10-18;/h5-10,17,19H,1,11-16H2,2-4H3,(H2,22,23,24);1H. The zero-order valence-electron chi connectivity index (χ0n) is 17.2. The van der Waals surface area contributed by atoms with Crippen molar-refractivity contribution in [2.45, 2.75) is 38.4 Å². The van der Waals surface area contributed by atoms with Gasteiger partial charge in [-0.1, -0.05) is 36.4 Å². The van der Waals surface area contributed by atoms with Gasteiger partial charge in [0.2, 0.25) is 5.91 Å². The zero-order valence-corrected chi connectivity index (χ0v) is 19.6. The van der Waals surface area contributed by atoms with Gasteiger partial charge >= 0.3 is 0 Å². The van der Waals surface area contributed by atoms with Crippen LogP contribution < -0.4 is 10.6 Å². The summed E-state index contributed by atoms with van der Waals surface area (Å²) in [7, 11) is 3.48. The van der Waals surface area contributed by atoms with E-state index in [0.717, 1.165) is 25.9 Å². The number of rotatable bonds is 7. The third-order valence-corrected chi connectivity index (χ3v) is 4.87. The lowest BCUT2D eigenvalue weighted by Gasteiger charge is -2.38. The maximum absolute atomic E-state index is 11.8. The van der Waals surface area contributed by atoms with Crippen molar-refractivity contribution < 1.29 is 4.79 Å². The van der Waals surface area contributed by atoms with E-state index < -0.39 is 0 Å². The first-order chi connectivity index (χ1) is 13.0. The molecule has 2 N–H and O–H groups in total. The molecule has 0 spiro atoms. The Bertz CT molecular complexity index is 635. The maximum atomic E-state index is 11.8. The Kier molecular flexibility index (Phi) is 11.1. The molecule has 2 rings (SSSR count). The number of carbonyl (C=O) groups is 1. The molecule has 28 heavy (non-hydrogen) atoms. The molecule has 1 aromatic carbocycles. The van der Waals surface area contributed by atoms with Crippen LogP contribution in [-0.2, 0) is 11.3 Å². The van der Waals surface area contributed by atoms with Gasteiger partial charge in [-0.2, -0.15) is 0 Å². The predicted molar refractivity (Wildman–Crippen MR) is 127 cm³/mol. The van der Waals surface area contributed by atoms with Gasteiger partial charge in [-0.05, 0) is 25.3 Å². The molecule has 0 aliphatic carbocycles. The van der Waals surface area contributed by atoms with E-state index in [0.29, 0.717) is 24.6 Å². The Morgan fingerprint density at radius 2 is 2.07 bits per heavy atom. The summed E-state index contributed by atoms with van der Waals surface area (Å²) in [6.45, 7) is 8.80. The second-order valence-corrected chi connectivity index (χ2v) is 7.29. The first kappa shape index (κ1) is 24.4. The van der Waals surface area contributed by atoms with Gasteiger partial charge < -0.3 is 15.5 Å². The van der Waals surface area contributed by atoms with Gasteiger partial charge in [0.05, 0.1) is 0 Å². The Hall–Kier alpha value is -1.61. The van der Waals surface area contributed by atoms with E-state index in [4.69, 9.17) is 0 Å². The number of nitrogens with one attached hydrogen (secondary N) is 2. The normalized spacial score (nSPS) is 20.0. The lowest BCUT2D eigenvalue weighted by atomic mass is 9.97. The number of piperidine rings is 1. The average molecular weight is 499 g/mol. The minimum absolute atomic E-state index is 0. The van der Waals surface area contributed by atoms with Crippen molar-refractivity contribution in [3.8, 4) is 0 Å². The summed E-state index contributed by atoms with van der Waals surface area (Å²) in [5.41, 5.74) is 1.35. The van der Waals surface area contributed by atoms with Crippen LogP contribution >= 0.6 is 24.0 Å². The molecule has 1 saturated heterocycles. The van der Waals surface area contributed by atoms with Crippen LogP contribution in [0.1, 0.15) is 25.3 Å². The fourth-order valence-corrected chi connectivity index (χ4v) is 3.21. The summed E-state index contributed by atoms with van der Waals surface area (Å²) >= 11 is 0. The van der Waals surface area contributed by atoms with Gasteiger partial charge in [-0.25, -0.2) is 4.99 Å². The second kappa shape index (κ2) is 12.8. The van der Waals surface area contributed by atoms with Crippen LogP contribution in [0.25, 0.3) is 0 Å². The van der Waals surface area contributed by atoms with Crippen LogP contribution in [0.3, 0.4) is 0 Å². The fraction of sp³-hybridized carbons (Fsp3) is 0.524. The molecular weight excluding hydrogens is 465 g/mol. The highest BCUT2D eigenvalue weighted by molar-refractivity contribution is 14.0. The molecular formula is C21H34IN5O. The molecule has 0 radical (unpaired) electrons. The van der Waals surface area contributed by atoms with Crippen molar-refractivity contribution in [2.75, 3.05) is 33.7 Å². The molecule has 7 heteroatoms. The Morgan fingerprint density at radius 1 is 1.36 bits per heavy atom. The number of benzene rings is 1. The number of hydrogen-bond donors (Lipinski definition) is 2. The number of aliphatic imine (C=N–C) groups is 1. The van der Waals surface area contributed by atoms with Crippen LogP contribution in [0.5, 0.6) is 0 Å². The lowest BCUT2D eigenvalue weighted by molar-refractivity contribution is -0.127. The van der Waals surface area contributed by atoms with Gasteiger partial charge in [-0.3, -0.25) is 9.69 Å². The highest BCUT2D eigenvalue weighted by atomic mass is 127. The Balaban J connectivity index is 0.00000392. The molecule has 1 aliphatic heterocycles. The number of likely N-dealkylation sites (tertiary alicyclic amines) is 1. The van der Waals surface area contributed by atoms with E-state index in [1.54, 1.807) is 25.1 Å². The molecule has 0 saturated carbocycles. The molecule has 156 valence electrons. The van der Waals surface area contributed by atoms with Crippen LogP contribution in [-0.4, -0.2) is 67.5 Å². The van der Waals surface area contributed by atoms with E-state index in [9.17, 15) is 4.79 Å². The monoisotopic (exact) mass is 499 g/mol. The topological polar surface area (TPSA) is 60.0 Å². The molecule has 1 aliphatic rings. The number of carbonyl (C=O) groups excluding carboxylic acids is 1. The smallest absolute Gasteiger partial charge is 0.243 e. The summed E-state index contributed by atoms with van der Waals surface area (Å²) in [4.78, 5) is 20.3. The SMILES string of the molecule is C=CCNC(=NCC(=O)N(C)C)NC1CCN(Cc2ccccc2)C(C)C1.I. The van der Waals surface area contributed by atoms with Crippen LogP contribution in [0.2, 0.25) is 0 Å². The summed E-state index contributed by atoms with van der Waals surface area (Å²) in [6, 6.07) is 11.4. The number of amides is 1. The highest BCUT2D eigenvalue weighted by Crippen LogP contribution is 2.19. The van der Waals surface area contributed by atoms with Gasteiger partial charge in [0.1, 0.15) is 6.54 Å². The van der Waals surface area contributed by atoms with Crippen molar-refractivity contribution >= 4 is 35.8 Å². The first-order valence-corrected chi connectivity index (χ1v) is 9.63. The largest absolute Gasteiger partial charge is 0.354 e. The van der Waals surface area contributed by atoms with Crippen molar-refractivity contribution in [1.82, 2.24) is 20.4 Å². The Morgan fingerprint density at radius 3 is 2.68 bits per heavy atom. The van der Waals surface area contributed by atoms with Crippen molar-refractivity contribution in [2.24, 2.45) is 4.99 Å². The molecule has 2 atom stereocenters. The number of guanidine groups is 1. The summed E-state index contributed by atoms with van der Waals surface area (Å²) < 4.78 is 0. The predicted octanol–water partition coefficient (Wildman–Crippen LogP) is 2.47. The van der Waals surface area contributed by atoms with Crippen LogP contribution in [0, 0.1) is 0 Å². The molecule has 6 nitrogen and oxygen atoms in total. The second-order valence-electron chi connectivity index (χ2n) is 7.29. The van der Waals surface area contributed by atoms with E-state index in [1.165, 1.54) is 5.56 Å². The molecule has 1 aromatic rings. The average Bonchev–Trinajstić information content (AvgIpc) is 2.66. The number of hydrogen-bond acceptors (Lipinski definition) is 3. The lowest BCUT2D eigenvalue weighted by Crippen LogP contribution is -2.51. The fourth-order valence-electron chi connectivity index (χ4n) is 3.21. The minimum Gasteiger partial charge on any atom is -0.354 e. The minimum atomic E-state index is -0.0132. The van der Waals surface area contributed by atoms with E-state index in [2.05, 4.69) is 64.4 Å². The zero-order chi connectivity index (χ0) is 19.6. The molecule has 0 aromatic heterocycles. The third-order valence-electron chi connectivity index (χ3n) is 4.87. The molecule has 1 heterocycles. The van der Waals surface area contributed by atoms with E-state index in [1.807, 2.05) is 0 Å². The number of halogens is 1. The summed E-state index contributed by atoms with van der Waals surface area (Å²) in [5, 5.41) is 6.71. The van der Waals surface area contributed by atoms with Crippen LogP contribution in [0.15, 0.2) is 48.0 Å². The van der Waals surface area contributed by atoms with Crippen LogP contribution in [0.4, 0.5) is 0 Å². The summed E-state index contributed by atoms with van der Waals surface area (Å²) in [6.07, 6.45) is 3.88. The third kappa shape index (κ3) is 8.18. The highest BCUT2D eigenvalue weighted by Gasteiger charge is 2.26. The van der Waals surface area contributed by atoms with Crippen molar-refractivity contribution in [3.05, 3.63) is 48.6 Å². The molecule has 0 bridgehead atoms. The van der Waals surface area contributed by atoms with Gasteiger partial charge in [0, 0.05) is 45.8 Å². The van der Waals surface area contributed by atoms with E-state index in [-0.39, 0.29) is 36.4 Å². The quantitative estimate of drug-likeness (QED) is 0.262. The van der Waals surface area contributed by atoms with Gasteiger partial charge in [0.25, 0.3) is 0 Å². The maximum Gasteiger partial charge on any atom is 0.243 e. The van der Waals surface area contributed by atoms with Gasteiger partial charge in [0.15, 0.2) is 5.96 Å². The molecule has 1 amide bonds. The van der Waals surface area contributed by atoms with E-state index >= 15 is 0 Å². The number of likely N-dealkylation sites (N-methyl/N-ethyl adjacent to an activating group) is 1. The number of nitrogens with zero attached hydrogens (tertiary/aromatic N) is 3. The van der Waals surface area contributed by atoms with Gasteiger partial charge in [-0.15, -0.1) is 30.6 Å². The molecule has 2 unspecified atom stereocenters. The van der Waals surface area contributed by atoms with Crippen molar-refractivity contribution in [1.29, 1.82) is 0 Å². The molecule has 1 fully saturated rings. The van der Waals surface area contributed by atoms with Crippen molar-refractivity contribution in [3.63, 3.8) is 0 Å². The summed E-state index contributed by atoms with van der Waals surface area (Å²) in [5.74, 6) is 0.666. The Labute approximate surface area is 186 Å². The first-order valence-electron chi connectivity index (χ1n) is 9.63.